The molecule has 0 amide bonds. The van der Waals surface area contributed by atoms with Crippen molar-refractivity contribution in [3.8, 4) is 21.9 Å². The maximum absolute atomic E-state index is 12.3. The summed E-state index contributed by atoms with van der Waals surface area (Å²) in [5.74, 6) is 0.365. The van der Waals surface area contributed by atoms with Crippen LogP contribution in [-0.2, 0) is 6.42 Å². The summed E-state index contributed by atoms with van der Waals surface area (Å²) in [5, 5.41) is 11.2. The second-order valence-electron chi connectivity index (χ2n) is 11.0. The Balaban J connectivity index is 0.00000212. The molecule has 0 radical (unpaired) electrons. The zero-order valence-corrected chi connectivity index (χ0v) is 27.3. The number of ether oxygens (including phenoxy) is 2. The zero-order chi connectivity index (χ0) is 28.0. The number of nitrogens with zero attached hydrogens (tertiary/aromatic N) is 2. The van der Waals surface area contributed by atoms with Crippen molar-refractivity contribution in [2.24, 2.45) is 0 Å². The first-order chi connectivity index (χ1) is 20.1. The summed E-state index contributed by atoms with van der Waals surface area (Å²) >= 11 is 1.71. The summed E-state index contributed by atoms with van der Waals surface area (Å²) in [6.07, 6.45) is 5.79. The van der Waals surface area contributed by atoms with Crippen molar-refractivity contribution < 1.29 is 50.4 Å². The molecule has 3 heterocycles. The zero-order valence-electron chi connectivity index (χ0n) is 25.5. The van der Waals surface area contributed by atoms with Gasteiger partial charge in [0.25, 0.3) is 0 Å². The molecule has 2 aliphatic heterocycles. The van der Waals surface area contributed by atoms with Crippen LogP contribution in [-0.4, -0.2) is 73.4 Å². The first kappa shape index (κ1) is 31.0. The van der Waals surface area contributed by atoms with Crippen LogP contribution in [0.1, 0.15) is 48.6 Å². The number of carbonyl (C=O) groups is 1. The summed E-state index contributed by atoms with van der Waals surface area (Å²) in [6.45, 7) is 7.56. The third kappa shape index (κ3) is 7.57. The number of hydrogen-bond acceptors (Lipinski definition) is 6. The van der Waals surface area contributed by atoms with Gasteiger partial charge in [0, 0.05) is 22.7 Å². The van der Waals surface area contributed by atoms with Crippen LogP contribution in [0.4, 0.5) is 0 Å². The van der Waals surface area contributed by atoms with Crippen LogP contribution in [0.15, 0.2) is 66.7 Å². The van der Waals surface area contributed by atoms with E-state index >= 15 is 0 Å². The number of carboxylic acid groups (broad SMARTS) is 1. The van der Waals surface area contributed by atoms with Crippen molar-refractivity contribution in [2.45, 2.75) is 32.1 Å². The fourth-order valence-corrected chi connectivity index (χ4v) is 7.19. The van der Waals surface area contributed by atoms with Gasteiger partial charge in [-0.25, -0.2) is 4.79 Å². The average molecular weight is 595 g/mol. The molecule has 42 heavy (non-hydrogen) atoms. The average Bonchev–Trinajstić information content (AvgIpc) is 3.77. The van der Waals surface area contributed by atoms with Gasteiger partial charge in [0.2, 0.25) is 0 Å². The van der Waals surface area contributed by atoms with Crippen LogP contribution in [0.3, 0.4) is 0 Å². The van der Waals surface area contributed by atoms with Crippen molar-refractivity contribution in [3.05, 3.63) is 83.4 Å². The van der Waals surface area contributed by atoms with E-state index in [0.717, 1.165) is 48.8 Å². The Hall–Kier alpha value is -2.39. The first-order valence-corrected chi connectivity index (χ1v) is 15.6. The molecule has 0 atom stereocenters. The molecule has 0 unspecified atom stereocenters. The van der Waals surface area contributed by atoms with Crippen LogP contribution in [0.5, 0.6) is 11.5 Å². The van der Waals surface area contributed by atoms with Crippen LogP contribution in [0.25, 0.3) is 20.5 Å². The quantitative estimate of drug-likeness (QED) is 0.251. The summed E-state index contributed by atoms with van der Waals surface area (Å²) in [5.41, 5.74) is 3.53. The standard InChI is InChI=1S/C34H38N2O4S.Na.H/c37-34(38)30-24-26(11-14-31(30)40-22-20-36-17-5-6-18-36)33-29(28-7-1-2-8-32(28)41-33)23-25-9-12-27(13-10-25)39-21-19-35-15-3-4-16-35;;/h1-2,7-14,24H,3-6,15-23H2,(H,37,38);;/q;+1;-1. The molecule has 4 aromatic rings. The summed E-state index contributed by atoms with van der Waals surface area (Å²) in [6, 6.07) is 22.4. The van der Waals surface area contributed by atoms with Gasteiger partial charge >= 0.3 is 35.5 Å². The Labute approximate surface area is 276 Å². The molecular formula is C34H39N2NaO4S. The topological polar surface area (TPSA) is 62.2 Å². The van der Waals surface area contributed by atoms with Crippen molar-refractivity contribution in [3.63, 3.8) is 0 Å². The molecule has 2 aliphatic rings. The molecule has 1 aromatic heterocycles. The van der Waals surface area contributed by atoms with Gasteiger partial charge in [-0.05, 0) is 117 Å². The van der Waals surface area contributed by atoms with Gasteiger partial charge in [-0.3, -0.25) is 9.80 Å². The number of aromatic carboxylic acids is 1. The molecular weight excluding hydrogens is 555 g/mol. The summed E-state index contributed by atoms with van der Waals surface area (Å²) in [4.78, 5) is 18.2. The van der Waals surface area contributed by atoms with Crippen LogP contribution in [0, 0.1) is 0 Å². The number of rotatable bonds is 12. The van der Waals surface area contributed by atoms with E-state index in [-0.39, 0.29) is 36.5 Å². The number of thiophene rings is 1. The van der Waals surface area contributed by atoms with E-state index in [1.807, 2.05) is 12.1 Å². The van der Waals surface area contributed by atoms with E-state index in [1.165, 1.54) is 60.0 Å². The van der Waals surface area contributed by atoms with Crippen molar-refractivity contribution in [2.75, 3.05) is 52.5 Å². The predicted molar refractivity (Wildman–Crippen MR) is 167 cm³/mol. The summed E-state index contributed by atoms with van der Waals surface area (Å²) < 4.78 is 13.2. The molecule has 6 nitrogen and oxygen atoms in total. The van der Waals surface area contributed by atoms with Gasteiger partial charge in [0.15, 0.2) is 0 Å². The van der Waals surface area contributed by atoms with Crippen molar-refractivity contribution in [1.29, 1.82) is 0 Å². The van der Waals surface area contributed by atoms with Crippen LogP contribution < -0.4 is 39.0 Å². The molecule has 0 bridgehead atoms. The van der Waals surface area contributed by atoms with E-state index in [9.17, 15) is 9.90 Å². The monoisotopic (exact) mass is 594 g/mol. The Bertz CT molecular complexity index is 1480. The maximum Gasteiger partial charge on any atom is 1.00 e. The number of likely N-dealkylation sites (tertiary alicyclic amines) is 2. The van der Waals surface area contributed by atoms with Crippen molar-refractivity contribution >= 4 is 27.4 Å². The van der Waals surface area contributed by atoms with Gasteiger partial charge in [-0.1, -0.05) is 30.3 Å². The minimum Gasteiger partial charge on any atom is -1.00 e. The van der Waals surface area contributed by atoms with Gasteiger partial charge in [-0.15, -0.1) is 11.3 Å². The Morgan fingerprint density at radius 1 is 0.833 bits per heavy atom. The number of fused-ring (bicyclic) bond motifs is 1. The maximum atomic E-state index is 12.3. The van der Waals surface area contributed by atoms with Gasteiger partial charge in [-0.2, -0.15) is 0 Å². The molecule has 0 saturated carbocycles. The second kappa shape index (κ2) is 14.9. The number of benzene rings is 3. The largest absolute Gasteiger partial charge is 1.00 e. The first-order valence-electron chi connectivity index (χ1n) is 14.8. The molecule has 2 fully saturated rings. The molecule has 8 heteroatoms. The number of carboxylic acids is 1. The van der Waals surface area contributed by atoms with Crippen LogP contribution >= 0.6 is 11.3 Å². The fraction of sp³-hybridized carbons (Fsp3) is 0.382. The minimum atomic E-state index is -0.967. The predicted octanol–water partition coefficient (Wildman–Crippen LogP) is 3.92. The molecule has 0 spiro atoms. The minimum absolute atomic E-state index is 0. The third-order valence-corrected chi connectivity index (χ3v) is 9.48. The molecule has 0 aliphatic carbocycles. The third-order valence-electron chi connectivity index (χ3n) is 8.21. The van der Waals surface area contributed by atoms with E-state index in [4.69, 9.17) is 9.47 Å². The van der Waals surface area contributed by atoms with Gasteiger partial charge in [0.05, 0.1) is 0 Å². The molecule has 6 rings (SSSR count). The van der Waals surface area contributed by atoms with Crippen molar-refractivity contribution in [1.82, 2.24) is 9.80 Å². The fourth-order valence-electron chi connectivity index (χ4n) is 5.97. The molecule has 216 valence electrons. The molecule has 3 aromatic carbocycles. The van der Waals surface area contributed by atoms with E-state index in [2.05, 4.69) is 58.3 Å². The SMILES string of the molecule is O=C(O)c1cc(-c2sc3ccccc3c2Cc2ccc(OCCN3CCCC3)cc2)ccc1OCCN1CCCC1.[H-].[Na+]. The Kier molecular flexibility index (Phi) is 11.0. The number of hydrogen-bond donors (Lipinski definition) is 1. The normalized spacial score (nSPS) is 15.6. The molecule has 2 saturated heterocycles. The van der Waals surface area contributed by atoms with Gasteiger partial charge in [0.1, 0.15) is 30.3 Å². The Morgan fingerprint density at radius 2 is 1.48 bits per heavy atom. The smallest absolute Gasteiger partial charge is 1.00 e. The molecule has 1 N–H and O–H groups in total. The van der Waals surface area contributed by atoms with E-state index < -0.39 is 5.97 Å². The summed E-state index contributed by atoms with van der Waals surface area (Å²) in [7, 11) is 0. The van der Waals surface area contributed by atoms with E-state index in [0.29, 0.717) is 19.0 Å². The van der Waals surface area contributed by atoms with Crippen LogP contribution in [0.2, 0.25) is 0 Å². The van der Waals surface area contributed by atoms with Gasteiger partial charge < -0.3 is 16.0 Å². The Morgan fingerprint density at radius 3 is 2.14 bits per heavy atom. The second-order valence-corrected chi connectivity index (χ2v) is 12.1. The van der Waals surface area contributed by atoms with E-state index in [1.54, 1.807) is 17.4 Å².